The Morgan fingerprint density at radius 1 is 1.17 bits per heavy atom. The fourth-order valence-electron chi connectivity index (χ4n) is 4.06. The lowest BCUT2D eigenvalue weighted by atomic mass is 10.0. The van der Waals surface area contributed by atoms with Gasteiger partial charge in [0.05, 0.1) is 14.2 Å². The number of hydrogen-bond donors (Lipinski definition) is 1. The van der Waals surface area contributed by atoms with Gasteiger partial charge in [0.25, 0.3) is 0 Å². The molecule has 0 spiro atoms. The first kappa shape index (κ1) is 20.5. The minimum absolute atomic E-state index is 0.469. The maximum atomic E-state index is 5.55. The molecule has 1 N–H and O–H groups in total. The van der Waals surface area contributed by atoms with Crippen molar-refractivity contribution in [2.24, 2.45) is 0 Å². The Labute approximate surface area is 178 Å². The summed E-state index contributed by atoms with van der Waals surface area (Å²) in [5, 5.41) is 3.38. The van der Waals surface area contributed by atoms with E-state index in [4.69, 9.17) is 19.2 Å². The predicted octanol–water partition coefficient (Wildman–Crippen LogP) is 3.55. The summed E-state index contributed by atoms with van der Waals surface area (Å²) >= 11 is 0. The Bertz CT molecular complexity index is 909. The molecule has 0 unspecified atom stereocenters. The molecule has 2 aliphatic heterocycles. The van der Waals surface area contributed by atoms with E-state index in [0.29, 0.717) is 12.0 Å². The van der Waals surface area contributed by atoms with Crippen LogP contribution in [0.1, 0.15) is 30.9 Å². The number of fused-ring (bicyclic) bond motifs is 1. The number of anilines is 2. The Hall–Kier alpha value is -2.80. The van der Waals surface area contributed by atoms with Gasteiger partial charge in [-0.1, -0.05) is 12.1 Å². The molecule has 7 nitrogen and oxygen atoms in total. The van der Waals surface area contributed by atoms with Gasteiger partial charge in [-0.3, -0.25) is 0 Å². The van der Waals surface area contributed by atoms with Gasteiger partial charge in [0.15, 0.2) is 11.5 Å². The summed E-state index contributed by atoms with van der Waals surface area (Å²) < 4.78 is 16.2. The number of nitrogens with one attached hydrogen (secondary N) is 1. The normalized spacial score (nSPS) is 16.6. The van der Waals surface area contributed by atoms with E-state index >= 15 is 0 Å². The van der Waals surface area contributed by atoms with Crippen LogP contribution in [0.4, 0.5) is 11.8 Å². The van der Waals surface area contributed by atoms with Crippen molar-refractivity contribution in [3.8, 4) is 11.5 Å². The minimum atomic E-state index is 0.469. The maximum absolute atomic E-state index is 5.55. The molecule has 0 aliphatic carbocycles. The second-order valence-electron chi connectivity index (χ2n) is 7.68. The standard InChI is InChI=1S/C23H30N4O3/c1-16-7-11-27(18-8-12-30-13-9-18)22-19(16)15-25-23(26-22)24-10-6-17-4-5-20(28-2)21(14-17)29-3/h4-5,7,14-15,18H,6,8-13H2,1-3H3,(H,24,25,26). The molecule has 0 amide bonds. The Morgan fingerprint density at radius 3 is 2.73 bits per heavy atom. The third kappa shape index (κ3) is 4.36. The van der Waals surface area contributed by atoms with Crippen LogP contribution in [0.2, 0.25) is 0 Å². The Kier molecular flexibility index (Phi) is 6.38. The minimum Gasteiger partial charge on any atom is -0.493 e. The molecule has 1 saturated heterocycles. The van der Waals surface area contributed by atoms with Crippen LogP contribution in [0.25, 0.3) is 5.57 Å². The van der Waals surface area contributed by atoms with Crippen molar-refractivity contribution in [3.05, 3.63) is 41.6 Å². The van der Waals surface area contributed by atoms with Gasteiger partial charge in [-0.05, 0) is 49.5 Å². The fraction of sp³-hybridized carbons (Fsp3) is 0.478. The van der Waals surface area contributed by atoms with Crippen molar-refractivity contribution in [1.29, 1.82) is 0 Å². The zero-order valence-corrected chi connectivity index (χ0v) is 18.0. The van der Waals surface area contributed by atoms with Gasteiger partial charge >= 0.3 is 0 Å². The first-order valence-corrected chi connectivity index (χ1v) is 10.5. The van der Waals surface area contributed by atoms with E-state index in [1.165, 1.54) is 11.1 Å². The number of rotatable bonds is 7. The number of benzene rings is 1. The Balaban J connectivity index is 1.45. The number of allylic oxidation sites excluding steroid dienone is 1. The van der Waals surface area contributed by atoms with E-state index in [2.05, 4.69) is 34.3 Å². The highest BCUT2D eigenvalue weighted by Gasteiger charge is 2.27. The van der Waals surface area contributed by atoms with E-state index in [1.54, 1.807) is 14.2 Å². The first-order chi connectivity index (χ1) is 14.7. The first-order valence-electron chi connectivity index (χ1n) is 10.5. The molecule has 160 valence electrons. The average Bonchev–Trinajstić information content (AvgIpc) is 2.79. The van der Waals surface area contributed by atoms with Crippen molar-refractivity contribution in [1.82, 2.24) is 9.97 Å². The third-order valence-electron chi connectivity index (χ3n) is 5.84. The SMILES string of the molecule is COc1ccc(CCNc2ncc3c(n2)N(C2CCOCC2)CC=C3C)cc1OC. The monoisotopic (exact) mass is 410 g/mol. The number of hydrogen-bond acceptors (Lipinski definition) is 7. The number of ether oxygens (including phenoxy) is 3. The van der Waals surface area contributed by atoms with E-state index in [1.807, 2.05) is 18.3 Å². The predicted molar refractivity (Wildman–Crippen MR) is 119 cm³/mol. The molecule has 1 aromatic carbocycles. The zero-order valence-electron chi connectivity index (χ0n) is 18.0. The summed E-state index contributed by atoms with van der Waals surface area (Å²) in [5.41, 5.74) is 3.53. The zero-order chi connectivity index (χ0) is 20.9. The smallest absolute Gasteiger partial charge is 0.224 e. The molecule has 3 heterocycles. The van der Waals surface area contributed by atoms with Crippen molar-refractivity contribution >= 4 is 17.3 Å². The quantitative estimate of drug-likeness (QED) is 0.749. The molecule has 4 rings (SSSR count). The molecule has 7 heteroatoms. The molecular formula is C23H30N4O3. The fourth-order valence-corrected chi connectivity index (χ4v) is 4.06. The summed E-state index contributed by atoms with van der Waals surface area (Å²) in [4.78, 5) is 11.9. The molecule has 1 aromatic heterocycles. The number of methoxy groups -OCH3 is 2. The molecule has 0 saturated carbocycles. The Morgan fingerprint density at radius 2 is 1.97 bits per heavy atom. The van der Waals surface area contributed by atoms with Gasteiger partial charge in [0, 0.05) is 44.1 Å². The van der Waals surface area contributed by atoms with Gasteiger partial charge in [0.2, 0.25) is 5.95 Å². The van der Waals surface area contributed by atoms with Crippen LogP contribution in [0.3, 0.4) is 0 Å². The van der Waals surface area contributed by atoms with Gasteiger partial charge in [-0.15, -0.1) is 0 Å². The van der Waals surface area contributed by atoms with Gasteiger partial charge in [-0.2, -0.15) is 4.98 Å². The van der Waals surface area contributed by atoms with Crippen LogP contribution in [0, 0.1) is 0 Å². The maximum Gasteiger partial charge on any atom is 0.224 e. The van der Waals surface area contributed by atoms with Crippen LogP contribution in [-0.4, -0.2) is 56.5 Å². The summed E-state index contributed by atoms with van der Waals surface area (Å²) in [6.45, 7) is 5.40. The van der Waals surface area contributed by atoms with Crippen LogP contribution in [0.15, 0.2) is 30.5 Å². The highest BCUT2D eigenvalue weighted by atomic mass is 16.5. The van der Waals surface area contributed by atoms with E-state index < -0.39 is 0 Å². The van der Waals surface area contributed by atoms with Gasteiger partial charge < -0.3 is 24.4 Å². The molecule has 0 radical (unpaired) electrons. The van der Waals surface area contributed by atoms with Crippen molar-refractivity contribution in [2.75, 3.05) is 50.7 Å². The second kappa shape index (κ2) is 9.34. The van der Waals surface area contributed by atoms with Gasteiger partial charge in [-0.25, -0.2) is 4.98 Å². The lowest BCUT2D eigenvalue weighted by Gasteiger charge is -2.37. The number of aromatic nitrogens is 2. The molecular weight excluding hydrogens is 380 g/mol. The summed E-state index contributed by atoms with van der Waals surface area (Å²) in [5.74, 6) is 3.18. The second-order valence-corrected chi connectivity index (χ2v) is 7.68. The van der Waals surface area contributed by atoms with Crippen molar-refractivity contribution in [3.63, 3.8) is 0 Å². The molecule has 0 atom stereocenters. The lowest BCUT2D eigenvalue weighted by Crippen LogP contribution is -2.42. The van der Waals surface area contributed by atoms with Crippen LogP contribution in [0.5, 0.6) is 11.5 Å². The third-order valence-corrected chi connectivity index (χ3v) is 5.84. The molecule has 1 fully saturated rings. The lowest BCUT2D eigenvalue weighted by molar-refractivity contribution is 0.0847. The molecule has 2 aromatic rings. The molecule has 0 bridgehead atoms. The van der Waals surface area contributed by atoms with Crippen LogP contribution in [-0.2, 0) is 11.2 Å². The summed E-state index contributed by atoms with van der Waals surface area (Å²) in [6.07, 6.45) is 7.13. The van der Waals surface area contributed by atoms with Gasteiger partial charge in [0.1, 0.15) is 5.82 Å². The molecule has 30 heavy (non-hydrogen) atoms. The highest BCUT2D eigenvalue weighted by Crippen LogP contribution is 2.33. The molecule has 2 aliphatic rings. The highest BCUT2D eigenvalue weighted by molar-refractivity contribution is 5.77. The van der Waals surface area contributed by atoms with Crippen molar-refractivity contribution < 1.29 is 14.2 Å². The van der Waals surface area contributed by atoms with E-state index in [-0.39, 0.29) is 0 Å². The van der Waals surface area contributed by atoms with Crippen LogP contribution >= 0.6 is 0 Å². The summed E-state index contributed by atoms with van der Waals surface area (Å²) in [6, 6.07) is 6.47. The average molecular weight is 411 g/mol. The van der Waals surface area contributed by atoms with Crippen molar-refractivity contribution in [2.45, 2.75) is 32.2 Å². The van der Waals surface area contributed by atoms with Crippen LogP contribution < -0.4 is 19.7 Å². The number of nitrogens with zero attached hydrogens (tertiary/aromatic N) is 3. The topological polar surface area (TPSA) is 68.7 Å². The van der Waals surface area contributed by atoms with E-state index in [9.17, 15) is 0 Å². The van der Waals surface area contributed by atoms with E-state index in [0.717, 1.165) is 68.4 Å². The summed E-state index contributed by atoms with van der Waals surface area (Å²) in [7, 11) is 3.30. The largest absolute Gasteiger partial charge is 0.493 e.